The van der Waals surface area contributed by atoms with Crippen molar-refractivity contribution in [2.24, 2.45) is 0 Å². The van der Waals surface area contributed by atoms with E-state index in [0.29, 0.717) is 5.69 Å². The van der Waals surface area contributed by atoms with Gasteiger partial charge in [-0.3, -0.25) is 0 Å². The van der Waals surface area contributed by atoms with Crippen LogP contribution in [0.3, 0.4) is 0 Å². The smallest absolute Gasteiger partial charge is 0.146 e. The van der Waals surface area contributed by atoms with E-state index in [-0.39, 0.29) is 5.82 Å². The minimum Gasteiger partial charge on any atom is -0.364 e. The van der Waals surface area contributed by atoms with Gasteiger partial charge in [0.15, 0.2) is 0 Å². The van der Waals surface area contributed by atoms with Crippen molar-refractivity contribution < 1.29 is 4.39 Å². The number of fused-ring (bicyclic) bond motifs is 1. The molecule has 0 aliphatic carbocycles. The number of halogens is 1. The van der Waals surface area contributed by atoms with Gasteiger partial charge in [-0.2, -0.15) is 0 Å². The molecule has 0 spiro atoms. The Morgan fingerprint density at radius 3 is 2.82 bits per heavy atom. The van der Waals surface area contributed by atoms with Crippen LogP contribution < -0.4 is 10.2 Å². The first-order valence-electron chi connectivity index (χ1n) is 7.69. The highest BCUT2D eigenvalue weighted by atomic mass is 19.1. The van der Waals surface area contributed by atoms with E-state index in [0.717, 1.165) is 38.2 Å². The van der Waals surface area contributed by atoms with E-state index in [1.807, 2.05) is 24.3 Å². The van der Waals surface area contributed by atoms with Gasteiger partial charge in [-0.1, -0.05) is 36.4 Å². The average molecular weight is 296 g/mol. The highest BCUT2D eigenvalue weighted by Crippen LogP contribution is 2.27. The minimum atomic E-state index is -0.146. The molecule has 3 rings (SSSR count). The van der Waals surface area contributed by atoms with Crippen molar-refractivity contribution in [2.75, 3.05) is 18.0 Å². The van der Waals surface area contributed by atoms with Crippen molar-refractivity contribution in [2.45, 2.75) is 19.5 Å². The Morgan fingerprint density at radius 1 is 1.18 bits per heavy atom. The van der Waals surface area contributed by atoms with Crippen LogP contribution in [0.4, 0.5) is 10.1 Å². The lowest BCUT2D eigenvalue weighted by molar-refractivity contribution is 0.608. The number of hydrogen-bond acceptors (Lipinski definition) is 2. The van der Waals surface area contributed by atoms with Gasteiger partial charge in [0.25, 0.3) is 0 Å². The molecule has 114 valence electrons. The van der Waals surface area contributed by atoms with E-state index in [2.05, 4.69) is 35.0 Å². The van der Waals surface area contributed by atoms with Gasteiger partial charge in [0.2, 0.25) is 0 Å². The normalized spacial score (nSPS) is 13.8. The maximum absolute atomic E-state index is 14.2. The highest BCUT2D eigenvalue weighted by molar-refractivity contribution is 5.52. The fraction of sp³-hybridized carbons (Fsp3) is 0.263. The summed E-state index contributed by atoms with van der Waals surface area (Å²) < 4.78 is 14.2. The van der Waals surface area contributed by atoms with Crippen molar-refractivity contribution in [3.63, 3.8) is 0 Å². The summed E-state index contributed by atoms with van der Waals surface area (Å²) >= 11 is 0. The lowest BCUT2D eigenvalue weighted by Gasteiger charge is -2.31. The van der Waals surface area contributed by atoms with Gasteiger partial charge in [0, 0.05) is 26.2 Å². The second kappa shape index (κ2) is 6.75. The molecule has 0 amide bonds. The molecule has 0 saturated heterocycles. The number of nitrogens with one attached hydrogen (secondary N) is 1. The Bertz CT molecular complexity index is 666. The Labute approximate surface area is 131 Å². The van der Waals surface area contributed by atoms with Crippen molar-refractivity contribution in [1.82, 2.24) is 5.32 Å². The number of hydrogen-bond donors (Lipinski definition) is 1. The molecule has 0 saturated carbocycles. The predicted molar refractivity (Wildman–Crippen MR) is 89.5 cm³/mol. The Kier molecular flexibility index (Phi) is 4.54. The molecular formula is C19H21FN2. The van der Waals surface area contributed by atoms with Crippen LogP contribution in [-0.2, 0) is 19.5 Å². The van der Waals surface area contributed by atoms with E-state index in [1.165, 1.54) is 11.1 Å². The summed E-state index contributed by atoms with van der Waals surface area (Å²) in [5.41, 5.74) is 4.47. The SMILES string of the molecule is C=CCNCc1ccc(F)c(N2CCc3ccccc3C2)c1. The Morgan fingerprint density at radius 2 is 2.00 bits per heavy atom. The molecule has 1 aliphatic rings. The summed E-state index contributed by atoms with van der Waals surface area (Å²) in [5, 5.41) is 3.26. The lowest BCUT2D eigenvalue weighted by atomic mass is 9.99. The van der Waals surface area contributed by atoms with Crippen LogP contribution in [0.2, 0.25) is 0 Å². The van der Waals surface area contributed by atoms with Crippen LogP contribution in [0, 0.1) is 5.82 Å². The third kappa shape index (κ3) is 3.20. The molecule has 1 heterocycles. The molecule has 1 aliphatic heterocycles. The van der Waals surface area contributed by atoms with Gasteiger partial charge < -0.3 is 10.2 Å². The summed E-state index contributed by atoms with van der Waals surface area (Å²) in [6.07, 6.45) is 2.79. The zero-order chi connectivity index (χ0) is 15.4. The molecule has 2 nitrogen and oxygen atoms in total. The van der Waals surface area contributed by atoms with Gasteiger partial charge in [0.05, 0.1) is 5.69 Å². The largest absolute Gasteiger partial charge is 0.364 e. The number of nitrogens with zero attached hydrogens (tertiary/aromatic N) is 1. The minimum absolute atomic E-state index is 0.146. The first-order valence-corrected chi connectivity index (χ1v) is 7.69. The van der Waals surface area contributed by atoms with Gasteiger partial charge in [-0.05, 0) is 35.2 Å². The predicted octanol–water partition coefficient (Wildman–Crippen LogP) is 3.66. The highest BCUT2D eigenvalue weighted by Gasteiger charge is 2.18. The van der Waals surface area contributed by atoms with Crippen LogP contribution in [0.25, 0.3) is 0 Å². The van der Waals surface area contributed by atoms with E-state index in [9.17, 15) is 4.39 Å². The molecule has 0 bridgehead atoms. The van der Waals surface area contributed by atoms with Crippen LogP contribution >= 0.6 is 0 Å². The fourth-order valence-electron chi connectivity index (χ4n) is 2.93. The number of rotatable bonds is 5. The maximum atomic E-state index is 14.2. The third-order valence-electron chi connectivity index (χ3n) is 4.10. The maximum Gasteiger partial charge on any atom is 0.146 e. The summed E-state index contributed by atoms with van der Waals surface area (Å²) in [4.78, 5) is 2.13. The number of anilines is 1. The van der Waals surface area contributed by atoms with Crippen LogP contribution in [0.1, 0.15) is 16.7 Å². The summed E-state index contributed by atoms with van der Waals surface area (Å²) in [7, 11) is 0. The first-order chi connectivity index (χ1) is 10.8. The van der Waals surface area contributed by atoms with Crippen molar-refractivity contribution in [1.29, 1.82) is 0 Å². The fourth-order valence-corrected chi connectivity index (χ4v) is 2.93. The average Bonchev–Trinajstić information content (AvgIpc) is 2.56. The Balaban J connectivity index is 1.79. The van der Waals surface area contributed by atoms with Crippen LogP contribution in [0.15, 0.2) is 55.1 Å². The summed E-state index contributed by atoms with van der Waals surface area (Å²) in [5.74, 6) is -0.146. The molecule has 0 aromatic heterocycles. The second-order valence-corrected chi connectivity index (χ2v) is 5.65. The van der Waals surface area contributed by atoms with E-state index < -0.39 is 0 Å². The van der Waals surface area contributed by atoms with E-state index >= 15 is 0 Å². The molecule has 0 unspecified atom stereocenters. The zero-order valence-corrected chi connectivity index (χ0v) is 12.7. The molecule has 1 N–H and O–H groups in total. The number of benzene rings is 2. The standard InChI is InChI=1S/C19H21FN2/c1-2-10-21-13-15-7-8-18(20)19(12-15)22-11-9-16-5-3-4-6-17(16)14-22/h2-8,12,21H,1,9-11,13-14H2. The van der Waals surface area contributed by atoms with Gasteiger partial charge in [-0.25, -0.2) is 4.39 Å². The van der Waals surface area contributed by atoms with Crippen molar-refractivity contribution >= 4 is 5.69 Å². The van der Waals surface area contributed by atoms with Crippen molar-refractivity contribution in [3.8, 4) is 0 Å². The Hall–Kier alpha value is -2.13. The van der Waals surface area contributed by atoms with Crippen molar-refractivity contribution in [3.05, 3.63) is 77.6 Å². The molecule has 2 aromatic carbocycles. The molecule has 3 heteroatoms. The quantitative estimate of drug-likeness (QED) is 0.669. The monoisotopic (exact) mass is 296 g/mol. The lowest BCUT2D eigenvalue weighted by Crippen LogP contribution is -2.31. The van der Waals surface area contributed by atoms with E-state index in [1.54, 1.807) is 6.07 Å². The zero-order valence-electron chi connectivity index (χ0n) is 12.7. The van der Waals surface area contributed by atoms with Crippen LogP contribution in [0.5, 0.6) is 0 Å². The molecule has 22 heavy (non-hydrogen) atoms. The van der Waals surface area contributed by atoms with Gasteiger partial charge in [0.1, 0.15) is 5.82 Å². The molecule has 2 aromatic rings. The van der Waals surface area contributed by atoms with Crippen LogP contribution in [-0.4, -0.2) is 13.1 Å². The third-order valence-corrected chi connectivity index (χ3v) is 4.10. The van der Waals surface area contributed by atoms with Gasteiger partial charge in [-0.15, -0.1) is 6.58 Å². The van der Waals surface area contributed by atoms with E-state index in [4.69, 9.17) is 0 Å². The second-order valence-electron chi connectivity index (χ2n) is 5.65. The topological polar surface area (TPSA) is 15.3 Å². The molecule has 0 radical (unpaired) electrons. The van der Waals surface area contributed by atoms with Gasteiger partial charge >= 0.3 is 0 Å². The molecule has 0 fully saturated rings. The summed E-state index contributed by atoms with van der Waals surface area (Å²) in [6, 6.07) is 13.8. The molecular weight excluding hydrogens is 275 g/mol. The summed E-state index contributed by atoms with van der Waals surface area (Å²) in [6.45, 7) is 6.80. The first kappa shape index (κ1) is 14.8. The molecule has 0 atom stereocenters.